The topological polar surface area (TPSA) is 64.0 Å². The van der Waals surface area contributed by atoms with Crippen LogP contribution < -0.4 is 4.72 Å². The van der Waals surface area contributed by atoms with Gasteiger partial charge in [-0.2, -0.15) is 5.10 Å². The fourth-order valence-corrected chi connectivity index (χ4v) is 3.55. The van der Waals surface area contributed by atoms with Gasteiger partial charge in [-0.15, -0.1) is 0 Å². The van der Waals surface area contributed by atoms with E-state index in [1.165, 1.54) is 0 Å². The first kappa shape index (κ1) is 16.3. The summed E-state index contributed by atoms with van der Waals surface area (Å²) in [6.07, 6.45) is 0. The molecule has 0 saturated carbocycles. The Morgan fingerprint density at radius 3 is 2.08 bits per heavy atom. The first-order chi connectivity index (χ1) is 11.3. The predicted molar refractivity (Wildman–Crippen MR) is 95.0 cm³/mol. The van der Waals surface area contributed by atoms with Gasteiger partial charge in [0, 0.05) is 11.4 Å². The van der Waals surface area contributed by atoms with Crippen molar-refractivity contribution in [3.63, 3.8) is 0 Å². The van der Waals surface area contributed by atoms with Crippen LogP contribution in [0.1, 0.15) is 17.0 Å². The van der Waals surface area contributed by atoms with Crippen LogP contribution in [-0.4, -0.2) is 18.2 Å². The van der Waals surface area contributed by atoms with Gasteiger partial charge in [0.15, 0.2) is 0 Å². The lowest BCUT2D eigenvalue weighted by atomic mass is 10.2. The van der Waals surface area contributed by atoms with Crippen LogP contribution in [-0.2, 0) is 10.0 Å². The molecule has 0 atom stereocenters. The van der Waals surface area contributed by atoms with Crippen LogP contribution in [0.2, 0.25) is 0 Å². The molecule has 124 valence electrons. The summed E-state index contributed by atoms with van der Waals surface area (Å²) in [5.74, 6) is 0. The van der Waals surface area contributed by atoms with Crippen LogP contribution in [0.25, 0.3) is 5.69 Å². The quantitative estimate of drug-likeness (QED) is 0.788. The molecule has 2 aromatic carbocycles. The highest BCUT2D eigenvalue weighted by molar-refractivity contribution is 7.92. The molecule has 24 heavy (non-hydrogen) atoms. The van der Waals surface area contributed by atoms with Crippen molar-refractivity contribution in [2.24, 2.45) is 0 Å². The number of anilines is 1. The van der Waals surface area contributed by atoms with Gasteiger partial charge < -0.3 is 0 Å². The van der Waals surface area contributed by atoms with Gasteiger partial charge in [0.05, 0.1) is 16.3 Å². The van der Waals surface area contributed by atoms with Crippen molar-refractivity contribution in [3.05, 3.63) is 71.5 Å². The van der Waals surface area contributed by atoms with Crippen molar-refractivity contribution in [2.75, 3.05) is 4.72 Å². The largest absolute Gasteiger partial charge is 0.280 e. The van der Waals surface area contributed by atoms with Gasteiger partial charge in [0.25, 0.3) is 10.0 Å². The van der Waals surface area contributed by atoms with E-state index in [2.05, 4.69) is 9.82 Å². The third-order valence-electron chi connectivity index (χ3n) is 3.70. The number of aromatic nitrogens is 2. The van der Waals surface area contributed by atoms with Crippen LogP contribution in [0, 0.1) is 20.8 Å². The van der Waals surface area contributed by atoms with E-state index >= 15 is 0 Å². The molecule has 1 N–H and O–H groups in total. The molecule has 0 bridgehead atoms. The summed E-state index contributed by atoms with van der Waals surface area (Å²) in [4.78, 5) is 0.246. The molecule has 1 heterocycles. The minimum Gasteiger partial charge on any atom is -0.280 e. The van der Waals surface area contributed by atoms with E-state index < -0.39 is 10.0 Å². The second-order valence-corrected chi connectivity index (χ2v) is 7.49. The Morgan fingerprint density at radius 1 is 0.917 bits per heavy atom. The zero-order chi connectivity index (χ0) is 17.3. The van der Waals surface area contributed by atoms with Crippen LogP contribution in [0.4, 0.5) is 5.69 Å². The smallest absolute Gasteiger partial charge is 0.261 e. The highest BCUT2D eigenvalue weighted by Crippen LogP contribution is 2.19. The number of hydrogen-bond donors (Lipinski definition) is 1. The summed E-state index contributed by atoms with van der Waals surface area (Å²) < 4.78 is 29.2. The Labute approximate surface area is 142 Å². The molecular formula is C18H19N3O2S. The monoisotopic (exact) mass is 341 g/mol. The van der Waals surface area contributed by atoms with Crippen LogP contribution in [0.3, 0.4) is 0 Å². The minimum atomic E-state index is -3.58. The number of hydrogen-bond acceptors (Lipinski definition) is 3. The van der Waals surface area contributed by atoms with Gasteiger partial charge in [0.1, 0.15) is 0 Å². The fraction of sp³-hybridized carbons (Fsp3) is 0.167. The molecule has 1 aromatic heterocycles. The van der Waals surface area contributed by atoms with Crippen molar-refractivity contribution >= 4 is 15.7 Å². The first-order valence-corrected chi connectivity index (χ1v) is 9.07. The predicted octanol–water partition coefficient (Wildman–Crippen LogP) is 3.60. The summed E-state index contributed by atoms with van der Waals surface area (Å²) >= 11 is 0. The molecule has 0 unspecified atom stereocenters. The number of sulfonamides is 1. The molecule has 3 rings (SSSR count). The van der Waals surface area contributed by atoms with E-state index in [1.54, 1.807) is 36.4 Å². The molecule has 0 radical (unpaired) electrons. The lowest BCUT2D eigenvalue weighted by Crippen LogP contribution is -2.13. The molecule has 0 amide bonds. The van der Waals surface area contributed by atoms with Gasteiger partial charge >= 0.3 is 0 Å². The highest BCUT2D eigenvalue weighted by atomic mass is 32.2. The molecule has 3 aromatic rings. The zero-order valence-electron chi connectivity index (χ0n) is 13.8. The van der Waals surface area contributed by atoms with Crippen molar-refractivity contribution in [2.45, 2.75) is 25.7 Å². The molecular weight excluding hydrogens is 322 g/mol. The third-order valence-corrected chi connectivity index (χ3v) is 5.10. The van der Waals surface area contributed by atoms with Gasteiger partial charge in [-0.1, -0.05) is 17.7 Å². The van der Waals surface area contributed by atoms with Gasteiger partial charge in [-0.3, -0.25) is 4.72 Å². The average Bonchev–Trinajstić information content (AvgIpc) is 2.87. The highest BCUT2D eigenvalue weighted by Gasteiger charge is 2.14. The fourth-order valence-electron chi connectivity index (χ4n) is 2.49. The van der Waals surface area contributed by atoms with E-state index in [0.717, 1.165) is 22.6 Å². The van der Waals surface area contributed by atoms with E-state index in [-0.39, 0.29) is 4.90 Å². The summed E-state index contributed by atoms with van der Waals surface area (Å²) in [5.41, 5.74) is 4.39. The van der Waals surface area contributed by atoms with Gasteiger partial charge in [-0.05, 0) is 63.2 Å². The van der Waals surface area contributed by atoms with Crippen molar-refractivity contribution in [1.29, 1.82) is 0 Å². The Hall–Kier alpha value is -2.60. The van der Waals surface area contributed by atoms with Gasteiger partial charge in [-0.25, -0.2) is 13.1 Å². The van der Waals surface area contributed by atoms with E-state index in [1.807, 2.05) is 43.7 Å². The van der Waals surface area contributed by atoms with Crippen LogP contribution in [0.15, 0.2) is 59.5 Å². The van der Waals surface area contributed by atoms with Crippen LogP contribution >= 0.6 is 0 Å². The molecule has 0 aliphatic rings. The normalized spacial score (nSPS) is 11.5. The number of aryl methyl sites for hydroxylation is 3. The Balaban J connectivity index is 1.83. The first-order valence-electron chi connectivity index (χ1n) is 7.58. The molecule has 6 heteroatoms. The second-order valence-electron chi connectivity index (χ2n) is 5.80. The Bertz CT molecular complexity index is 957. The maximum atomic E-state index is 12.4. The van der Waals surface area contributed by atoms with E-state index in [9.17, 15) is 8.42 Å². The molecule has 0 aliphatic carbocycles. The molecule has 0 spiro atoms. The van der Waals surface area contributed by atoms with Crippen molar-refractivity contribution in [3.8, 4) is 5.69 Å². The number of benzene rings is 2. The molecule has 0 saturated heterocycles. The molecule has 5 nitrogen and oxygen atoms in total. The standard InChI is InChI=1S/C18H19N3O2S/c1-13-4-10-18(11-5-13)24(22,23)20-16-6-8-17(9-7-16)21-15(3)12-14(2)19-21/h4-12,20H,1-3H3. The van der Waals surface area contributed by atoms with Gasteiger partial charge in [0.2, 0.25) is 0 Å². The third kappa shape index (κ3) is 3.33. The summed E-state index contributed by atoms with van der Waals surface area (Å²) in [5, 5.41) is 4.42. The molecule has 0 aliphatic heterocycles. The maximum Gasteiger partial charge on any atom is 0.261 e. The lowest BCUT2D eigenvalue weighted by Gasteiger charge is -2.10. The Kier molecular flexibility index (Phi) is 4.15. The lowest BCUT2D eigenvalue weighted by molar-refractivity contribution is 0.601. The number of nitrogens with zero attached hydrogens (tertiary/aromatic N) is 2. The summed E-state index contributed by atoms with van der Waals surface area (Å²) in [7, 11) is -3.58. The van der Waals surface area contributed by atoms with E-state index in [4.69, 9.17) is 0 Å². The summed E-state index contributed by atoms with van der Waals surface area (Å²) in [6, 6.07) is 15.9. The maximum absolute atomic E-state index is 12.4. The summed E-state index contributed by atoms with van der Waals surface area (Å²) in [6.45, 7) is 5.84. The number of nitrogens with one attached hydrogen (secondary N) is 1. The zero-order valence-corrected chi connectivity index (χ0v) is 14.6. The second kappa shape index (κ2) is 6.13. The average molecular weight is 341 g/mol. The minimum absolute atomic E-state index is 0.246. The van der Waals surface area contributed by atoms with Crippen LogP contribution in [0.5, 0.6) is 0 Å². The SMILES string of the molecule is Cc1ccc(S(=O)(=O)Nc2ccc(-n3nc(C)cc3C)cc2)cc1. The van der Waals surface area contributed by atoms with Crippen molar-refractivity contribution < 1.29 is 8.42 Å². The van der Waals surface area contributed by atoms with Crippen molar-refractivity contribution in [1.82, 2.24) is 9.78 Å². The number of rotatable bonds is 4. The molecule has 0 fully saturated rings. The Morgan fingerprint density at radius 2 is 1.54 bits per heavy atom. The van der Waals surface area contributed by atoms with E-state index in [0.29, 0.717) is 5.69 Å².